The monoisotopic (exact) mass is 330 g/mol. The number of carbonyl (C=O) groups excluding carboxylic acids is 2. The SMILES string of the molecule is N#Cc1ccc(C(=O)NCC(=O)N2CCN(CC(=O)O)CC2)cc1. The molecule has 0 atom stereocenters. The lowest BCUT2D eigenvalue weighted by atomic mass is 10.1. The van der Waals surface area contributed by atoms with Crippen LogP contribution in [0.15, 0.2) is 24.3 Å². The average molecular weight is 330 g/mol. The van der Waals surface area contributed by atoms with E-state index in [1.165, 1.54) is 12.1 Å². The van der Waals surface area contributed by atoms with Gasteiger partial charge in [0.1, 0.15) is 0 Å². The number of nitrogens with one attached hydrogen (secondary N) is 1. The number of aliphatic carboxylic acids is 1. The van der Waals surface area contributed by atoms with Crippen molar-refractivity contribution in [3.63, 3.8) is 0 Å². The minimum absolute atomic E-state index is 0.0303. The zero-order valence-electron chi connectivity index (χ0n) is 13.1. The Morgan fingerprint density at radius 1 is 1.12 bits per heavy atom. The number of hydrogen-bond acceptors (Lipinski definition) is 5. The maximum absolute atomic E-state index is 12.1. The molecule has 1 fully saturated rings. The van der Waals surface area contributed by atoms with Crippen molar-refractivity contribution >= 4 is 17.8 Å². The second kappa shape index (κ2) is 8.08. The highest BCUT2D eigenvalue weighted by atomic mass is 16.4. The number of nitriles is 1. The van der Waals surface area contributed by atoms with E-state index in [1.807, 2.05) is 6.07 Å². The normalized spacial score (nSPS) is 14.7. The molecule has 1 heterocycles. The molecular formula is C16H18N4O4. The molecule has 0 saturated carbocycles. The predicted molar refractivity (Wildman–Crippen MR) is 84.1 cm³/mol. The van der Waals surface area contributed by atoms with Crippen molar-refractivity contribution in [3.8, 4) is 6.07 Å². The minimum Gasteiger partial charge on any atom is -0.480 e. The minimum atomic E-state index is -0.885. The van der Waals surface area contributed by atoms with E-state index in [-0.39, 0.29) is 24.9 Å². The van der Waals surface area contributed by atoms with E-state index >= 15 is 0 Å². The van der Waals surface area contributed by atoms with Gasteiger partial charge in [-0.25, -0.2) is 0 Å². The molecule has 1 aliphatic heterocycles. The van der Waals surface area contributed by atoms with Gasteiger partial charge in [-0.3, -0.25) is 19.3 Å². The van der Waals surface area contributed by atoms with Crippen LogP contribution in [0.25, 0.3) is 0 Å². The first kappa shape index (κ1) is 17.4. The number of amides is 2. The standard InChI is InChI=1S/C16H18N4O4/c17-9-12-1-3-13(4-2-12)16(24)18-10-14(21)20-7-5-19(6-8-20)11-15(22)23/h1-4H,5-8,10-11H2,(H,18,24)(H,22,23). The maximum Gasteiger partial charge on any atom is 0.317 e. The topological polar surface area (TPSA) is 114 Å². The van der Waals surface area contributed by atoms with Gasteiger partial charge in [-0.1, -0.05) is 0 Å². The molecular weight excluding hydrogens is 312 g/mol. The second-order valence-electron chi connectivity index (χ2n) is 5.42. The number of hydrogen-bond donors (Lipinski definition) is 2. The molecule has 2 rings (SSSR count). The fraction of sp³-hybridized carbons (Fsp3) is 0.375. The van der Waals surface area contributed by atoms with Crippen LogP contribution in [0.3, 0.4) is 0 Å². The summed E-state index contributed by atoms with van der Waals surface area (Å²) in [6.45, 7) is 1.75. The molecule has 0 aliphatic carbocycles. The number of benzene rings is 1. The van der Waals surface area contributed by atoms with Crippen LogP contribution in [-0.4, -0.2) is 72.0 Å². The van der Waals surface area contributed by atoms with Crippen LogP contribution in [0.2, 0.25) is 0 Å². The van der Waals surface area contributed by atoms with Crippen molar-refractivity contribution in [2.24, 2.45) is 0 Å². The number of carbonyl (C=O) groups is 3. The molecule has 1 aromatic carbocycles. The molecule has 2 N–H and O–H groups in total. The van der Waals surface area contributed by atoms with Gasteiger partial charge in [0.15, 0.2) is 0 Å². The van der Waals surface area contributed by atoms with Crippen LogP contribution >= 0.6 is 0 Å². The van der Waals surface area contributed by atoms with Gasteiger partial charge in [0, 0.05) is 31.7 Å². The molecule has 1 saturated heterocycles. The fourth-order valence-corrected chi connectivity index (χ4v) is 2.41. The Morgan fingerprint density at radius 2 is 1.75 bits per heavy atom. The predicted octanol–water partition coefficient (Wildman–Crippen LogP) is -0.483. The van der Waals surface area contributed by atoms with Gasteiger partial charge in [-0.15, -0.1) is 0 Å². The van der Waals surface area contributed by atoms with E-state index in [0.29, 0.717) is 37.3 Å². The smallest absolute Gasteiger partial charge is 0.317 e. The third kappa shape index (κ3) is 4.79. The van der Waals surface area contributed by atoms with Gasteiger partial charge in [-0.2, -0.15) is 5.26 Å². The van der Waals surface area contributed by atoms with Crippen LogP contribution in [0.4, 0.5) is 0 Å². The van der Waals surface area contributed by atoms with E-state index < -0.39 is 5.97 Å². The quantitative estimate of drug-likeness (QED) is 0.753. The zero-order valence-corrected chi connectivity index (χ0v) is 13.1. The Labute approximate surface area is 139 Å². The largest absolute Gasteiger partial charge is 0.480 e. The van der Waals surface area contributed by atoms with Gasteiger partial charge < -0.3 is 15.3 Å². The van der Waals surface area contributed by atoms with Crippen LogP contribution in [0.1, 0.15) is 15.9 Å². The number of carboxylic acid groups (broad SMARTS) is 1. The van der Waals surface area contributed by atoms with Gasteiger partial charge in [0.05, 0.1) is 24.7 Å². The highest BCUT2D eigenvalue weighted by Crippen LogP contribution is 2.04. The Hall–Kier alpha value is -2.92. The lowest BCUT2D eigenvalue weighted by Gasteiger charge is -2.33. The Morgan fingerprint density at radius 3 is 2.29 bits per heavy atom. The summed E-state index contributed by atoms with van der Waals surface area (Å²) in [6, 6.07) is 8.11. The summed E-state index contributed by atoms with van der Waals surface area (Å²) < 4.78 is 0. The Bertz CT molecular complexity index is 658. The number of carboxylic acids is 1. The van der Waals surface area contributed by atoms with Crippen LogP contribution in [-0.2, 0) is 9.59 Å². The molecule has 1 aliphatic rings. The third-order valence-electron chi connectivity index (χ3n) is 3.76. The Balaban J connectivity index is 1.77. The maximum atomic E-state index is 12.1. The van der Waals surface area contributed by atoms with E-state index in [9.17, 15) is 14.4 Å². The fourth-order valence-electron chi connectivity index (χ4n) is 2.41. The van der Waals surface area contributed by atoms with Gasteiger partial charge >= 0.3 is 5.97 Å². The summed E-state index contributed by atoms with van der Waals surface area (Å²) in [7, 11) is 0. The molecule has 8 nitrogen and oxygen atoms in total. The number of piperazine rings is 1. The Kier molecular flexibility index (Phi) is 5.87. The number of nitrogens with zero attached hydrogens (tertiary/aromatic N) is 3. The first-order valence-electron chi connectivity index (χ1n) is 7.50. The highest BCUT2D eigenvalue weighted by Gasteiger charge is 2.22. The second-order valence-corrected chi connectivity index (χ2v) is 5.42. The van der Waals surface area contributed by atoms with Crippen LogP contribution in [0, 0.1) is 11.3 Å². The van der Waals surface area contributed by atoms with Crippen molar-refractivity contribution in [1.29, 1.82) is 5.26 Å². The number of rotatable bonds is 5. The average Bonchev–Trinajstić information content (AvgIpc) is 2.59. The zero-order chi connectivity index (χ0) is 17.5. The molecule has 2 amide bonds. The van der Waals surface area contributed by atoms with Gasteiger partial charge in [-0.05, 0) is 24.3 Å². The van der Waals surface area contributed by atoms with Crippen molar-refractivity contribution < 1.29 is 19.5 Å². The summed E-state index contributed by atoms with van der Waals surface area (Å²) >= 11 is 0. The first-order chi connectivity index (χ1) is 11.5. The molecule has 0 bridgehead atoms. The van der Waals surface area contributed by atoms with E-state index in [2.05, 4.69) is 5.32 Å². The molecule has 8 heteroatoms. The summed E-state index contributed by atoms with van der Waals surface area (Å²) in [5.74, 6) is -1.46. The molecule has 0 spiro atoms. The van der Waals surface area contributed by atoms with E-state index in [1.54, 1.807) is 21.9 Å². The lowest BCUT2D eigenvalue weighted by molar-refractivity contribution is -0.139. The van der Waals surface area contributed by atoms with E-state index in [4.69, 9.17) is 10.4 Å². The summed E-state index contributed by atoms with van der Waals surface area (Å²) in [4.78, 5) is 38.1. The molecule has 126 valence electrons. The summed E-state index contributed by atoms with van der Waals surface area (Å²) in [6.07, 6.45) is 0. The highest BCUT2D eigenvalue weighted by molar-refractivity contribution is 5.96. The van der Waals surface area contributed by atoms with Crippen LogP contribution < -0.4 is 5.32 Å². The molecule has 0 radical (unpaired) electrons. The molecule has 1 aromatic rings. The van der Waals surface area contributed by atoms with Crippen molar-refractivity contribution in [3.05, 3.63) is 35.4 Å². The van der Waals surface area contributed by atoms with Crippen molar-refractivity contribution in [2.75, 3.05) is 39.3 Å². The van der Waals surface area contributed by atoms with E-state index in [0.717, 1.165) is 0 Å². The first-order valence-corrected chi connectivity index (χ1v) is 7.50. The van der Waals surface area contributed by atoms with Crippen LogP contribution in [0.5, 0.6) is 0 Å². The van der Waals surface area contributed by atoms with Crippen molar-refractivity contribution in [1.82, 2.24) is 15.1 Å². The molecule has 0 unspecified atom stereocenters. The van der Waals surface area contributed by atoms with Gasteiger partial charge in [0.25, 0.3) is 5.91 Å². The van der Waals surface area contributed by atoms with Gasteiger partial charge in [0.2, 0.25) is 5.91 Å². The van der Waals surface area contributed by atoms with Crippen molar-refractivity contribution in [2.45, 2.75) is 0 Å². The third-order valence-corrected chi connectivity index (χ3v) is 3.76. The molecule has 0 aromatic heterocycles. The summed E-state index contributed by atoms with van der Waals surface area (Å²) in [5, 5.41) is 20.0. The summed E-state index contributed by atoms with van der Waals surface area (Å²) in [5.41, 5.74) is 0.843. The molecule has 24 heavy (non-hydrogen) atoms. The lowest BCUT2D eigenvalue weighted by Crippen LogP contribution is -2.52.